The highest BCUT2D eigenvalue weighted by atomic mass is 16.2. The summed E-state index contributed by atoms with van der Waals surface area (Å²) < 4.78 is 2.04. The number of hydrogen-bond donors (Lipinski definition) is 1. The minimum absolute atomic E-state index is 0.0761. The van der Waals surface area contributed by atoms with Gasteiger partial charge in [-0.1, -0.05) is 36.4 Å². The molecule has 0 spiro atoms. The molecule has 1 aliphatic rings. The largest absolute Gasteiger partial charge is 0.338 e. The van der Waals surface area contributed by atoms with Crippen molar-refractivity contribution >= 4 is 5.91 Å². The Labute approximate surface area is 165 Å². The lowest BCUT2D eigenvalue weighted by atomic mass is 9.89. The standard InChI is InChI=1S/C23H26N4O/c1-16-12-20(17(2)27(16)22-10-6-7-11-25-22)23(28)26-14-19(13-24)21(15-26)18-8-4-3-5-9-18/h3-12,19,21H,13-15,24H2,1-2H3/t19-,21+/m1/s1. The van der Waals surface area contributed by atoms with Crippen molar-refractivity contribution in [2.24, 2.45) is 11.7 Å². The molecule has 0 unspecified atom stereocenters. The molecule has 3 heterocycles. The number of aromatic nitrogens is 2. The maximum Gasteiger partial charge on any atom is 0.255 e. The smallest absolute Gasteiger partial charge is 0.255 e. The molecular weight excluding hydrogens is 348 g/mol. The number of rotatable bonds is 4. The predicted molar refractivity (Wildman–Crippen MR) is 111 cm³/mol. The van der Waals surface area contributed by atoms with Gasteiger partial charge in [-0.15, -0.1) is 0 Å². The van der Waals surface area contributed by atoms with E-state index in [1.807, 2.05) is 65.8 Å². The Morgan fingerprint density at radius 1 is 1.11 bits per heavy atom. The zero-order chi connectivity index (χ0) is 19.7. The third kappa shape index (κ3) is 3.22. The van der Waals surface area contributed by atoms with Crippen molar-refractivity contribution in [3.05, 3.63) is 83.3 Å². The summed E-state index contributed by atoms with van der Waals surface area (Å²) in [6, 6.07) is 18.2. The lowest BCUT2D eigenvalue weighted by Gasteiger charge is -2.17. The van der Waals surface area contributed by atoms with Crippen molar-refractivity contribution in [3.8, 4) is 5.82 Å². The number of hydrogen-bond acceptors (Lipinski definition) is 3. The van der Waals surface area contributed by atoms with E-state index in [9.17, 15) is 4.79 Å². The first-order valence-electron chi connectivity index (χ1n) is 9.74. The molecule has 1 fully saturated rings. The fraction of sp³-hybridized carbons (Fsp3) is 0.304. The van der Waals surface area contributed by atoms with E-state index in [-0.39, 0.29) is 17.7 Å². The number of amides is 1. The molecule has 144 valence electrons. The van der Waals surface area contributed by atoms with E-state index < -0.39 is 0 Å². The second kappa shape index (κ2) is 7.60. The summed E-state index contributed by atoms with van der Waals surface area (Å²) in [5.41, 5.74) is 9.98. The second-order valence-corrected chi connectivity index (χ2v) is 7.53. The third-order valence-electron chi connectivity index (χ3n) is 5.80. The number of aryl methyl sites for hydroxylation is 1. The highest BCUT2D eigenvalue weighted by molar-refractivity contribution is 5.96. The quantitative estimate of drug-likeness (QED) is 0.762. The van der Waals surface area contributed by atoms with Crippen molar-refractivity contribution < 1.29 is 4.79 Å². The van der Waals surface area contributed by atoms with Gasteiger partial charge in [-0.25, -0.2) is 4.98 Å². The Balaban J connectivity index is 1.62. The molecule has 4 rings (SSSR count). The van der Waals surface area contributed by atoms with Gasteiger partial charge in [0.2, 0.25) is 0 Å². The zero-order valence-corrected chi connectivity index (χ0v) is 16.4. The van der Waals surface area contributed by atoms with Crippen LogP contribution in [0.25, 0.3) is 5.82 Å². The van der Waals surface area contributed by atoms with Gasteiger partial charge in [0, 0.05) is 36.6 Å². The van der Waals surface area contributed by atoms with E-state index in [2.05, 4.69) is 17.1 Å². The topological polar surface area (TPSA) is 64.2 Å². The summed E-state index contributed by atoms with van der Waals surface area (Å²) in [7, 11) is 0. The maximum absolute atomic E-state index is 13.4. The molecule has 28 heavy (non-hydrogen) atoms. The summed E-state index contributed by atoms with van der Waals surface area (Å²) in [6.07, 6.45) is 1.77. The van der Waals surface area contributed by atoms with Gasteiger partial charge in [-0.3, -0.25) is 4.79 Å². The second-order valence-electron chi connectivity index (χ2n) is 7.53. The van der Waals surface area contributed by atoms with Crippen LogP contribution in [-0.2, 0) is 0 Å². The Hall–Kier alpha value is -2.92. The van der Waals surface area contributed by atoms with Crippen LogP contribution in [0.15, 0.2) is 60.8 Å². The lowest BCUT2D eigenvalue weighted by Crippen LogP contribution is -2.30. The molecule has 2 aromatic heterocycles. The lowest BCUT2D eigenvalue weighted by molar-refractivity contribution is 0.0785. The first-order chi connectivity index (χ1) is 13.6. The molecular formula is C23H26N4O. The summed E-state index contributed by atoms with van der Waals surface area (Å²) in [6.45, 7) is 5.98. The van der Waals surface area contributed by atoms with E-state index >= 15 is 0 Å². The van der Waals surface area contributed by atoms with Crippen LogP contribution in [0.2, 0.25) is 0 Å². The van der Waals surface area contributed by atoms with Crippen LogP contribution in [-0.4, -0.2) is 40.0 Å². The van der Waals surface area contributed by atoms with Gasteiger partial charge in [0.25, 0.3) is 5.91 Å². The number of carbonyl (C=O) groups excluding carboxylic acids is 1. The van der Waals surface area contributed by atoms with Gasteiger partial charge in [-0.2, -0.15) is 0 Å². The van der Waals surface area contributed by atoms with Crippen LogP contribution in [0, 0.1) is 19.8 Å². The minimum atomic E-state index is 0.0761. The Kier molecular flexibility index (Phi) is 5.01. The molecule has 0 aliphatic carbocycles. The fourth-order valence-corrected chi connectivity index (χ4v) is 4.34. The van der Waals surface area contributed by atoms with Gasteiger partial charge >= 0.3 is 0 Å². The van der Waals surface area contributed by atoms with Crippen molar-refractivity contribution in [1.29, 1.82) is 0 Å². The maximum atomic E-state index is 13.4. The summed E-state index contributed by atoms with van der Waals surface area (Å²) >= 11 is 0. The average molecular weight is 374 g/mol. The normalized spacial score (nSPS) is 19.2. The Morgan fingerprint density at radius 2 is 1.86 bits per heavy atom. The molecule has 2 atom stereocenters. The van der Waals surface area contributed by atoms with Crippen LogP contribution < -0.4 is 5.73 Å². The number of nitrogens with two attached hydrogens (primary N) is 1. The highest BCUT2D eigenvalue weighted by Gasteiger charge is 2.36. The number of nitrogens with zero attached hydrogens (tertiary/aromatic N) is 3. The summed E-state index contributed by atoms with van der Waals surface area (Å²) in [5.74, 6) is 1.48. The third-order valence-corrected chi connectivity index (χ3v) is 5.80. The molecule has 0 saturated carbocycles. The van der Waals surface area contributed by atoms with Crippen molar-refractivity contribution in [3.63, 3.8) is 0 Å². The first-order valence-corrected chi connectivity index (χ1v) is 9.74. The van der Waals surface area contributed by atoms with Gasteiger partial charge in [0.05, 0.1) is 5.56 Å². The van der Waals surface area contributed by atoms with E-state index in [1.54, 1.807) is 6.20 Å². The molecule has 5 nitrogen and oxygen atoms in total. The average Bonchev–Trinajstić information content (AvgIpc) is 3.29. The molecule has 2 N–H and O–H groups in total. The van der Waals surface area contributed by atoms with E-state index in [1.165, 1.54) is 5.56 Å². The monoisotopic (exact) mass is 374 g/mol. The van der Waals surface area contributed by atoms with Crippen LogP contribution in [0.1, 0.15) is 33.2 Å². The van der Waals surface area contributed by atoms with Gasteiger partial charge in [-0.05, 0) is 50.1 Å². The first kappa shape index (κ1) is 18.4. The van der Waals surface area contributed by atoms with Crippen LogP contribution in [0.4, 0.5) is 0 Å². The molecule has 5 heteroatoms. The van der Waals surface area contributed by atoms with Crippen LogP contribution in [0.3, 0.4) is 0 Å². The molecule has 1 saturated heterocycles. The van der Waals surface area contributed by atoms with E-state index in [0.29, 0.717) is 19.6 Å². The van der Waals surface area contributed by atoms with Crippen molar-refractivity contribution in [2.75, 3.05) is 19.6 Å². The van der Waals surface area contributed by atoms with E-state index in [0.717, 1.165) is 22.8 Å². The number of benzene rings is 1. The van der Waals surface area contributed by atoms with Crippen molar-refractivity contribution in [1.82, 2.24) is 14.5 Å². The highest BCUT2D eigenvalue weighted by Crippen LogP contribution is 2.33. The Bertz CT molecular complexity index is 965. The molecule has 0 bridgehead atoms. The summed E-state index contributed by atoms with van der Waals surface area (Å²) in [5, 5.41) is 0. The number of carbonyl (C=O) groups is 1. The summed E-state index contributed by atoms with van der Waals surface area (Å²) in [4.78, 5) is 19.8. The SMILES string of the molecule is Cc1cc(C(=O)N2C[C@@H](CN)[C@H](c3ccccc3)C2)c(C)n1-c1ccccn1. The predicted octanol–water partition coefficient (Wildman–Crippen LogP) is 3.30. The molecule has 3 aromatic rings. The van der Waals surface area contributed by atoms with Gasteiger partial charge in [0.1, 0.15) is 5.82 Å². The molecule has 1 aliphatic heterocycles. The molecule has 0 radical (unpaired) electrons. The fourth-order valence-electron chi connectivity index (χ4n) is 4.34. The van der Waals surface area contributed by atoms with Crippen LogP contribution in [0.5, 0.6) is 0 Å². The van der Waals surface area contributed by atoms with Crippen molar-refractivity contribution in [2.45, 2.75) is 19.8 Å². The van der Waals surface area contributed by atoms with Gasteiger partial charge < -0.3 is 15.2 Å². The van der Waals surface area contributed by atoms with Gasteiger partial charge in [0.15, 0.2) is 0 Å². The molecule has 1 amide bonds. The van der Waals surface area contributed by atoms with Crippen LogP contribution >= 0.6 is 0 Å². The zero-order valence-electron chi connectivity index (χ0n) is 16.4. The minimum Gasteiger partial charge on any atom is -0.338 e. The number of pyridine rings is 1. The number of likely N-dealkylation sites (tertiary alicyclic amines) is 1. The molecule has 1 aromatic carbocycles. The Morgan fingerprint density at radius 3 is 2.54 bits per heavy atom. The van der Waals surface area contributed by atoms with E-state index in [4.69, 9.17) is 5.73 Å².